The van der Waals surface area contributed by atoms with Crippen molar-refractivity contribution in [3.8, 4) is 0 Å². The zero-order valence-corrected chi connectivity index (χ0v) is 11.5. The molecule has 1 unspecified atom stereocenters. The van der Waals surface area contributed by atoms with Gasteiger partial charge in [0.2, 0.25) is 0 Å². The maximum Gasteiger partial charge on any atom is 0.0801 e. The lowest BCUT2D eigenvalue weighted by Crippen LogP contribution is -2.19. The van der Waals surface area contributed by atoms with E-state index in [-0.39, 0.29) is 6.04 Å². The SMILES string of the molecule is CNC(c1cnc(C)cn1)c1cccc2ncccc12. The van der Waals surface area contributed by atoms with E-state index in [2.05, 4.69) is 32.4 Å². The van der Waals surface area contributed by atoms with E-state index in [9.17, 15) is 0 Å². The van der Waals surface area contributed by atoms with Gasteiger partial charge in [-0.1, -0.05) is 18.2 Å². The van der Waals surface area contributed by atoms with E-state index >= 15 is 0 Å². The third-order valence-electron chi connectivity index (χ3n) is 3.38. The minimum atomic E-state index is 0.0102. The van der Waals surface area contributed by atoms with Crippen molar-refractivity contribution < 1.29 is 0 Å². The summed E-state index contributed by atoms with van der Waals surface area (Å²) in [5.74, 6) is 0. The molecule has 0 aliphatic heterocycles. The van der Waals surface area contributed by atoms with Crippen molar-refractivity contribution in [2.75, 3.05) is 7.05 Å². The van der Waals surface area contributed by atoms with Crippen LogP contribution in [0.1, 0.15) is 23.0 Å². The molecule has 0 radical (unpaired) electrons. The second-order valence-corrected chi connectivity index (χ2v) is 4.72. The number of pyridine rings is 1. The molecule has 2 aromatic heterocycles. The number of aryl methyl sites for hydroxylation is 1. The molecule has 4 nitrogen and oxygen atoms in total. The van der Waals surface area contributed by atoms with Gasteiger partial charge in [0.25, 0.3) is 0 Å². The number of rotatable bonds is 3. The van der Waals surface area contributed by atoms with E-state index in [0.717, 1.165) is 27.9 Å². The van der Waals surface area contributed by atoms with Crippen LogP contribution in [0.4, 0.5) is 0 Å². The van der Waals surface area contributed by atoms with Crippen LogP contribution in [0.3, 0.4) is 0 Å². The lowest BCUT2D eigenvalue weighted by Gasteiger charge is -2.17. The zero-order valence-electron chi connectivity index (χ0n) is 11.5. The monoisotopic (exact) mass is 264 g/mol. The Morgan fingerprint density at radius 1 is 1.00 bits per heavy atom. The van der Waals surface area contributed by atoms with E-state index < -0.39 is 0 Å². The highest BCUT2D eigenvalue weighted by molar-refractivity contribution is 5.82. The van der Waals surface area contributed by atoms with E-state index in [4.69, 9.17) is 0 Å². The standard InChI is InChI=1S/C16H16N4/c1-11-9-20-15(10-19-11)16(17-2)13-5-3-7-14-12(13)6-4-8-18-14/h3-10,16-17H,1-2H3. The lowest BCUT2D eigenvalue weighted by molar-refractivity contribution is 0.670. The van der Waals surface area contributed by atoms with Crippen molar-refractivity contribution in [3.05, 3.63) is 65.9 Å². The van der Waals surface area contributed by atoms with Gasteiger partial charge in [0.1, 0.15) is 0 Å². The molecule has 1 N–H and O–H groups in total. The van der Waals surface area contributed by atoms with Crippen molar-refractivity contribution in [1.82, 2.24) is 20.3 Å². The van der Waals surface area contributed by atoms with E-state index in [0.29, 0.717) is 0 Å². The van der Waals surface area contributed by atoms with Gasteiger partial charge < -0.3 is 5.32 Å². The third kappa shape index (κ3) is 2.26. The molecule has 0 aliphatic rings. The summed E-state index contributed by atoms with van der Waals surface area (Å²) in [4.78, 5) is 13.2. The maximum atomic E-state index is 4.49. The van der Waals surface area contributed by atoms with Crippen LogP contribution >= 0.6 is 0 Å². The van der Waals surface area contributed by atoms with Crippen LogP contribution in [0.25, 0.3) is 10.9 Å². The molecule has 0 aliphatic carbocycles. The Morgan fingerprint density at radius 3 is 2.65 bits per heavy atom. The first kappa shape index (κ1) is 12.7. The van der Waals surface area contributed by atoms with Gasteiger partial charge in [-0.15, -0.1) is 0 Å². The number of nitrogens with one attached hydrogen (secondary N) is 1. The fraction of sp³-hybridized carbons (Fsp3) is 0.188. The first-order chi connectivity index (χ1) is 9.79. The summed E-state index contributed by atoms with van der Waals surface area (Å²) in [6.45, 7) is 1.94. The molecule has 1 aromatic carbocycles. The number of aromatic nitrogens is 3. The second-order valence-electron chi connectivity index (χ2n) is 4.72. The van der Waals surface area contributed by atoms with Crippen molar-refractivity contribution >= 4 is 10.9 Å². The van der Waals surface area contributed by atoms with Gasteiger partial charge in [-0.25, -0.2) is 0 Å². The first-order valence-corrected chi connectivity index (χ1v) is 6.59. The van der Waals surface area contributed by atoms with Gasteiger partial charge in [-0.3, -0.25) is 15.0 Å². The van der Waals surface area contributed by atoms with Crippen molar-refractivity contribution in [2.45, 2.75) is 13.0 Å². The van der Waals surface area contributed by atoms with Crippen LogP contribution in [0.15, 0.2) is 48.9 Å². The predicted molar refractivity (Wildman–Crippen MR) is 79.4 cm³/mol. The second kappa shape index (κ2) is 5.35. The predicted octanol–water partition coefficient (Wildman–Crippen LogP) is 2.64. The van der Waals surface area contributed by atoms with Gasteiger partial charge in [-0.2, -0.15) is 0 Å². The summed E-state index contributed by atoms with van der Waals surface area (Å²) in [5.41, 5.74) is 3.99. The summed E-state index contributed by atoms with van der Waals surface area (Å²) >= 11 is 0. The fourth-order valence-corrected chi connectivity index (χ4v) is 2.39. The van der Waals surface area contributed by atoms with Crippen LogP contribution in [-0.2, 0) is 0 Å². The van der Waals surface area contributed by atoms with Gasteiger partial charge in [0.05, 0.1) is 29.1 Å². The Bertz CT molecular complexity index is 717. The van der Waals surface area contributed by atoms with Crippen LogP contribution < -0.4 is 5.32 Å². The Labute approximate surface area is 117 Å². The number of hydrogen-bond acceptors (Lipinski definition) is 4. The summed E-state index contributed by atoms with van der Waals surface area (Å²) in [7, 11) is 1.93. The first-order valence-electron chi connectivity index (χ1n) is 6.59. The maximum absolute atomic E-state index is 4.49. The molecule has 0 saturated carbocycles. The smallest absolute Gasteiger partial charge is 0.0801 e. The molecule has 1 atom stereocenters. The third-order valence-corrected chi connectivity index (χ3v) is 3.38. The Kier molecular flexibility index (Phi) is 3.39. The topological polar surface area (TPSA) is 50.7 Å². The van der Waals surface area contributed by atoms with Crippen molar-refractivity contribution in [1.29, 1.82) is 0 Å². The molecule has 3 aromatic rings. The summed E-state index contributed by atoms with van der Waals surface area (Å²) in [6.07, 6.45) is 5.43. The highest BCUT2D eigenvalue weighted by Gasteiger charge is 2.16. The highest BCUT2D eigenvalue weighted by atomic mass is 14.9. The molecule has 20 heavy (non-hydrogen) atoms. The largest absolute Gasteiger partial charge is 0.308 e. The number of benzene rings is 1. The molecule has 0 amide bonds. The van der Waals surface area contributed by atoms with Crippen LogP contribution in [0, 0.1) is 6.92 Å². The molecular formula is C16H16N4. The van der Waals surface area contributed by atoms with Crippen molar-refractivity contribution in [3.63, 3.8) is 0 Å². The van der Waals surface area contributed by atoms with Crippen LogP contribution in [0.5, 0.6) is 0 Å². The number of fused-ring (bicyclic) bond motifs is 1. The molecule has 0 fully saturated rings. The van der Waals surface area contributed by atoms with Crippen LogP contribution in [0.2, 0.25) is 0 Å². The molecule has 3 rings (SSSR count). The highest BCUT2D eigenvalue weighted by Crippen LogP contribution is 2.26. The Hall–Kier alpha value is -2.33. The minimum absolute atomic E-state index is 0.0102. The molecule has 4 heteroatoms. The van der Waals surface area contributed by atoms with Gasteiger partial charge in [0.15, 0.2) is 0 Å². The lowest BCUT2D eigenvalue weighted by atomic mass is 9.99. The fourth-order valence-electron chi connectivity index (χ4n) is 2.39. The molecule has 0 saturated heterocycles. The zero-order chi connectivity index (χ0) is 13.9. The Balaban J connectivity index is 2.14. The molecular weight excluding hydrogens is 248 g/mol. The van der Waals surface area contributed by atoms with Gasteiger partial charge in [0, 0.05) is 17.8 Å². The van der Waals surface area contributed by atoms with E-state index in [1.165, 1.54) is 0 Å². The molecule has 2 heterocycles. The molecule has 0 spiro atoms. The van der Waals surface area contributed by atoms with E-state index in [1.807, 2.05) is 44.6 Å². The summed E-state index contributed by atoms with van der Waals surface area (Å²) in [6, 6.07) is 10.2. The Morgan fingerprint density at radius 2 is 1.90 bits per heavy atom. The molecule has 0 bridgehead atoms. The number of nitrogens with zero attached hydrogens (tertiary/aromatic N) is 3. The van der Waals surface area contributed by atoms with Gasteiger partial charge >= 0.3 is 0 Å². The van der Waals surface area contributed by atoms with E-state index in [1.54, 1.807) is 6.20 Å². The summed E-state index contributed by atoms with van der Waals surface area (Å²) in [5, 5.41) is 4.45. The average molecular weight is 264 g/mol. The molecule has 100 valence electrons. The summed E-state index contributed by atoms with van der Waals surface area (Å²) < 4.78 is 0. The van der Waals surface area contributed by atoms with Gasteiger partial charge in [-0.05, 0) is 31.7 Å². The average Bonchev–Trinajstić information content (AvgIpc) is 2.50. The normalized spacial score (nSPS) is 12.5. The van der Waals surface area contributed by atoms with Crippen molar-refractivity contribution in [2.24, 2.45) is 0 Å². The quantitative estimate of drug-likeness (QED) is 0.790. The van der Waals surface area contributed by atoms with Crippen LogP contribution in [-0.4, -0.2) is 22.0 Å². The number of hydrogen-bond donors (Lipinski definition) is 1. The minimum Gasteiger partial charge on any atom is -0.308 e.